The largest absolute Gasteiger partial charge is 0.356 e. The van der Waals surface area contributed by atoms with Crippen molar-refractivity contribution in [3.05, 3.63) is 12.7 Å². The number of hydrogen-bond donors (Lipinski definition) is 2. The summed E-state index contributed by atoms with van der Waals surface area (Å²) in [7, 11) is 4.08. The number of nitrogens with one attached hydrogen (secondary N) is 2. The van der Waals surface area contributed by atoms with Crippen LogP contribution < -0.4 is 10.6 Å². The van der Waals surface area contributed by atoms with Crippen LogP contribution in [0.2, 0.25) is 0 Å². The lowest BCUT2D eigenvalue weighted by Crippen LogP contribution is -2.28. The Hall–Kier alpha value is -0.620. The van der Waals surface area contributed by atoms with Crippen LogP contribution >= 0.6 is 21.6 Å². The van der Waals surface area contributed by atoms with Crippen LogP contribution in [-0.2, 0) is 9.59 Å². The Morgan fingerprint density at radius 3 is 2.52 bits per heavy atom. The van der Waals surface area contributed by atoms with Crippen molar-refractivity contribution in [3.8, 4) is 0 Å². The van der Waals surface area contributed by atoms with E-state index in [0.717, 1.165) is 24.5 Å². The molecule has 0 saturated carbocycles. The molecule has 2 amide bonds. The molecular weight excluding hydrogens is 328 g/mol. The maximum absolute atomic E-state index is 11.6. The molecule has 1 saturated heterocycles. The number of carbonyl (C=O) groups is 2. The fourth-order valence-electron chi connectivity index (χ4n) is 2.44. The Bertz CT molecular complexity index is 359. The maximum Gasteiger partial charge on any atom is 0.243 e. The van der Waals surface area contributed by atoms with Gasteiger partial charge >= 0.3 is 0 Å². The van der Waals surface area contributed by atoms with Crippen LogP contribution in [0.1, 0.15) is 57.8 Å². The molecule has 1 aliphatic heterocycles. The first-order valence-corrected chi connectivity index (χ1v) is 11.1. The zero-order valence-electron chi connectivity index (χ0n) is 14.0. The summed E-state index contributed by atoms with van der Waals surface area (Å²) in [5.74, 6) is 1.28. The summed E-state index contributed by atoms with van der Waals surface area (Å²) in [5.41, 5.74) is 0. The molecule has 0 spiro atoms. The van der Waals surface area contributed by atoms with Crippen molar-refractivity contribution >= 4 is 33.4 Å². The lowest BCUT2D eigenvalue weighted by atomic mass is 10.1. The van der Waals surface area contributed by atoms with E-state index in [2.05, 4.69) is 28.0 Å². The second-order valence-corrected chi connectivity index (χ2v) is 8.62. The molecule has 0 aromatic heterocycles. The Morgan fingerprint density at radius 1 is 1.04 bits per heavy atom. The van der Waals surface area contributed by atoms with Crippen LogP contribution in [0.4, 0.5) is 0 Å². The van der Waals surface area contributed by atoms with Crippen molar-refractivity contribution in [2.45, 2.75) is 63.0 Å². The highest BCUT2D eigenvalue weighted by Crippen LogP contribution is 2.39. The van der Waals surface area contributed by atoms with Gasteiger partial charge in [0.05, 0.1) is 0 Å². The second-order valence-electron chi connectivity index (χ2n) is 5.83. The average molecular weight is 359 g/mol. The van der Waals surface area contributed by atoms with Gasteiger partial charge in [-0.05, 0) is 31.8 Å². The molecule has 1 aliphatic rings. The predicted molar refractivity (Wildman–Crippen MR) is 102 cm³/mol. The minimum Gasteiger partial charge on any atom is -0.356 e. The molecule has 0 bridgehead atoms. The molecular formula is C17H30N2O2S2. The monoisotopic (exact) mass is 358 g/mol. The molecule has 0 radical (unpaired) electrons. The third-order valence-electron chi connectivity index (χ3n) is 3.82. The van der Waals surface area contributed by atoms with E-state index in [0.29, 0.717) is 19.5 Å². The SMILES string of the molecule is C=CC(=O)NCCCNC(=O)CCCCCCCC1CCSS1. The van der Waals surface area contributed by atoms with Crippen LogP contribution in [0.3, 0.4) is 0 Å². The quantitative estimate of drug-likeness (QED) is 0.299. The van der Waals surface area contributed by atoms with Gasteiger partial charge in [0, 0.05) is 30.5 Å². The van der Waals surface area contributed by atoms with Crippen LogP contribution in [-0.4, -0.2) is 35.9 Å². The number of rotatable bonds is 13. The van der Waals surface area contributed by atoms with Crippen LogP contribution in [0, 0.1) is 0 Å². The highest BCUT2D eigenvalue weighted by atomic mass is 33.1. The first kappa shape index (κ1) is 20.4. The molecule has 4 nitrogen and oxygen atoms in total. The van der Waals surface area contributed by atoms with Crippen LogP contribution in [0.25, 0.3) is 0 Å². The van der Waals surface area contributed by atoms with Crippen molar-refractivity contribution in [2.24, 2.45) is 0 Å². The van der Waals surface area contributed by atoms with Gasteiger partial charge in [0.1, 0.15) is 0 Å². The first-order valence-electron chi connectivity index (χ1n) is 8.67. The van der Waals surface area contributed by atoms with Gasteiger partial charge in [-0.15, -0.1) is 0 Å². The molecule has 2 N–H and O–H groups in total. The Morgan fingerprint density at radius 2 is 1.78 bits per heavy atom. The Balaban J connectivity index is 1.80. The minimum absolute atomic E-state index is 0.124. The van der Waals surface area contributed by atoms with Crippen LogP contribution in [0.15, 0.2) is 12.7 Å². The smallest absolute Gasteiger partial charge is 0.243 e. The van der Waals surface area contributed by atoms with E-state index in [1.807, 2.05) is 10.8 Å². The highest BCUT2D eigenvalue weighted by Gasteiger charge is 2.15. The van der Waals surface area contributed by atoms with Crippen molar-refractivity contribution in [1.82, 2.24) is 10.6 Å². The summed E-state index contributed by atoms with van der Waals surface area (Å²) in [4.78, 5) is 22.6. The molecule has 0 aromatic rings. The molecule has 6 heteroatoms. The summed E-state index contributed by atoms with van der Waals surface area (Å²) in [6.45, 7) is 4.57. The van der Waals surface area contributed by atoms with E-state index in [4.69, 9.17) is 0 Å². The molecule has 23 heavy (non-hydrogen) atoms. The minimum atomic E-state index is -0.165. The molecule has 1 rings (SSSR count). The molecule has 0 aliphatic carbocycles. The molecule has 1 fully saturated rings. The van der Waals surface area contributed by atoms with Gasteiger partial charge < -0.3 is 10.6 Å². The zero-order valence-corrected chi connectivity index (χ0v) is 15.6. The third kappa shape index (κ3) is 11.5. The van der Waals surface area contributed by atoms with Crippen LogP contribution in [0.5, 0.6) is 0 Å². The van der Waals surface area contributed by atoms with Gasteiger partial charge in [-0.25, -0.2) is 0 Å². The van der Waals surface area contributed by atoms with Gasteiger partial charge in [-0.1, -0.05) is 53.9 Å². The van der Waals surface area contributed by atoms with Gasteiger partial charge in [0.25, 0.3) is 0 Å². The standard InChI is InChI=1S/C17H30N2O2S2/c1-2-16(20)18-12-8-13-19-17(21)10-7-5-3-4-6-9-15-11-14-22-23-15/h2,15H,1,3-14H2,(H,18,20)(H,19,21). The molecule has 0 aromatic carbocycles. The molecule has 132 valence electrons. The predicted octanol–water partition coefficient (Wildman–Crippen LogP) is 3.68. The number of unbranched alkanes of at least 4 members (excludes halogenated alkanes) is 4. The number of amides is 2. The zero-order chi connectivity index (χ0) is 16.8. The topological polar surface area (TPSA) is 58.2 Å². The van der Waals surface area contributed by atoms with Crippen molar-refractivity contribution in [1.29, 1.82) is 0 Å². The molecule has 1 atom stereocenters. The summed E-state index contributed by atoms with van der Waals surface area (Å²) in [6, 6.07) is 0. The summed E-state index contributed by atoms with van der Waals surface area (Å²) in [6.07, 6.45) is 11.4. The summed E-state index contributed by atoms with van der Waals surface area (Å²) >= 11 is 0. The van der Waals surface area contributed by atoms with Crippen molar-refractivity contribution in [3.63, 3.8) is 0 Å². The van der Waals surface area contributed by atoms with E-state index in [-0.39, 0.29) is 11.8 Å². The highest BCUT2D eigenvalue weighted by molar-refractivity contribution is 8.77. The normalized spacial score (nSPS) is 17.0. The number of hydrogen-bond acceptors (Lipinski definition) is 4. The van der Waals surface area contributed by atoms with E-state index in [1.165, 1.54) is 43.9 Å². The summed E-state index contributed by atoms with van der Waals surface area (Å²) < 4.78 is 0. The van der Waals surface area contributed by atoms with Gasteiger partial charge in [0.15, 0.2) is 0 Å². The van der Waals surface area contributed by atoms with Gasteiger partial charge in [-0.3, -0.25) is 9.59 Å². The Labute approximate surface area is 148 Å². The number of carbonyl (C=O) groups excluding carboxylic acids is 2. The first-order chi connectivity index (χ1) is 11.2. The molecule has 1 heterocycles. The fraction of sp³-hybridized carbons (Fsp3) is 0.765. The Kier molecular flexibility index (Phi) is 12.2. The van der Waals surface area contributed by atoms with E-state index >= 15 is 0 Å². The third-order valence-corrected chi connectivity index (χ3v) is 6.82. The fourth-order valence-corrected chi connectivity index (χ4v) is 5.47. The van der Waals surface area contributed by atoms with Crippen molar-refractivity contribution in [2.75, 3.05) is 18.8 Å². The summed E-state index contributed by atoms with van der Waals surface area (Å²) in [5, 5.41) is 6.47. The van der Waals surface area contributed by atoms with E-state index in [1.54, 1.807) is 0 Å². The molecule has 1 unspecified atom stereocenters. The van der Waals surface area contributed by atoms with E-state index in [9.17, 15) is 9.59 Å². The van der Waals surface area contributed by atoms with E-state index < -0.39 is 0 Å². The average Bonchev–Trinajstić information content (AvgIpc) is 3.06. The maximum atomic E-state index is 11.6. The van der Waals surface area contributed by atoms with Gasteiger partial charge in [-0.2, -0.15) is 0 Å². The van der Waals surface area contributed by atoms with Gasteiger partial charge in [0.2, 0.25) is 11.8 Å². The second kappa shape index (κ2) is 13.8. The lowest BCUT2D eigenvalue weighted by molar-refractivity contribution is -0.121. The van der Waals surface area contributed by atoms with Crippen molar-refractivity contribution < 1.29 is 9.59 Å². The lowest BCUT2D eigenvalue weighted by Gasteiger charge is -2.07.